The largest absolute Gasteiger partial charge is 0.497 e. The van der Waals surface area contributed by atoms with Crippen molar-refractivity contribution in [3.63, 3.8) is 0 Å². The molecule has 168 valence electrons. The first-order valence-corrected chi connectivity index (χ1v) is 10.8. The van der Waals surface area contributed by atoms with Crippen LogP contribution in [0.3, 0.4) is 0 Å². The van der Waals surface area contributed by atoms with Gasteiger partial charge in [0.15, 0.2) is 0 Å². The fraction of sp³-hybridized carbons (Fsp3) is 0.0714. The number of nitrogens with zero attached hydrogens (tertiary/aromatic N) is 2. The van der Waals surface area contributed by atoms with Gasteiger partial charge in [-0.25, -0.2) is 9.97 Å². The highest BCUT2D eigenvalue weighted by molar-refractivity contribution is 5.87. The zero-order valence-corrected chi connectivity index (χ0v) is 18.9. The van der Waals surface area contributed by atoms with Crippen LogP contribution in [0, 0.1) is 0 Å². The summed E-state index contributed by atoms with van der Waals surface area (Å²) >= 11 is 0. The number of aromatic nitrogens is 2. The molecule has 0 spiro atoms. The van der Waals surface area contributed by atoms with Gasteiger partial charge < -0.3 is 19.9 Å². The third kappa shape index (κ3) is 4.34. The molecule has 2 N–H and O–H groups in total. The quantitative estimate of drug-likeness (QED) is 0.304. The molecule has 0 aliphatic rings. The summed E-state index contributed by atoms with van der Waals surface area (Å²) in [7, 11) is 3.30. The predicted octanol–water partition coefficient (Wildman–Crippen LogP) is 6.36. The minimum absolute atomic E-state index is 0.671. The maximum absolute atomic E-state index is 6.00. The van der Waals surface area contributed by atoms with E-state index in [1.165, 1.54) is 0 Å². The normalized spacial score (nSPS) is 10.8. The summed E-state index contributed by atoms with van der Waals surface area (Å²) in [6.07, 6.45) is 0. The maximum Gasteiger partial charge on any atom is 0.129 e. The molecule has 0 saturated carbocycles. The first-order valence-electron chi connectivity index (χ1n) is 10.8. The van der Waals surface area contributed by atoms with Crippen molar-refractivity contribution in [2.24, 2.45) is 0 Å². The molecule has 4 aromatic carbocycles. The standard InChI is InChI=1S/C28H23N3O3/c1-32-21-9-3-18(4-10-21)27-28(19-5-11-22(33-2)12-6-19)31-26-17-24(15-16-25(26)30-27)34-23-13-7-20(29)8-14-23/h3-17H,29H2,1-2H3. The summed E-state index contributed by atoms with van der Waals surface area (Å²) in [6, 6.07) is 28.6. The molecule has 0 fully saturated rings. The molecule has 6 nitrogen and oxygen atoms in total. The number of fused-ring (bicyclic) bond motifs is 1. The smallest absolute Gasteiger partial charge is 0.129 e. The molecule has 0 bridgehead atoms. The summed E-state index contributed by atoms with van der Waals surface area (Å²) in [5.74, 6) is 2.94. The van der Waals surface area contributed by atoms with Gasteiger partial charge in [0, 0.05) is 22.9 Å². The van der Waals surface area contributed by atoms with E-state index in [-0.39, 0.29) is 0 Å². The number of ether oxygens (including phenoxy) is 3. The SMILES string of the molecule is COc1ccc(-c2nc3ccc(Oc4ccc(N)cc4)cc3nc2-c2ccc(OC)cc2)cc1. The third-order valence-electron chi connectivity index (χ3n) is 5.48. The zero-order valence-electron chi connectivity index (χ0n) is 18.9. The van der Waals surface area contributed by atoms with Crippen LogP contribution in [0.1, 0.15) is 0 Å². The molecule has 5 rings (SSSR count). The number of nitrogen functional groups attached to an aromatic ring is 1. The molecule has 0 unspecified atom stereocenters. The lowest BCUT2D eigenvalue weighted by Crippen LogP contribution is -1.96. The first-order chi connectivity index (χ1) is 16.6. The van der Waals surface area contributed by atoms with Gasteiger partial charge in [-0.3, -0.25) is 0 Å². The Morgan fingerprint density at radius 1 is 0.529 bits per heavy atom. The topological polar surface area (TPSA) is 79.5 Å². The Bertz CT molecular complexity index is 1430. The summed E-state index contributed by atoms with van der Waals surface area (Å²) in [5, 5.41) is 0. The van der Waals surface area contributed by atoms with E-state index >= 15 is 0 Å². The maximum atomic E-state index is 6.00. The van der Waals surface area contributed by atoms with Gasteiger partial charge in [-0.2, -0.15) is 0 Å². The van der Waals surface area contributed by atoms with E-state index < -0.39 is 0 Å². The molecule has 0 aliphatic heterocycles. The lowest BCUT2D eigenvalue weighted by atomic mass is 10.0. The van der Waals surface area contributed by atoms with Crippen LogP contribution in [0.25, 0.3) is 33.5 Å². The van der Waals surface area contributed by atoms with Crippen molar-refractivity contribution in [1.82, 2.24) is 9.97 Å². The second-order valence-electron chi connectivity index (χ2n) is 7.70. The third-order valence-corrected chi connectivity index (χ3v) is 5.48. The molecule has 0 aliphatic carbocycles. The number of hydrogen-bond donors (Lipinski definition) is 1. The second kappa shape index (κ2) is 9.11. The number of hydrogen-bond acceptors (Lipinski definition) is 6. The Morgan fingerprint density at radius 3 is 1.53 bits per heavy atom. The zero-order chi connectivity index (χ0) is 23.5. The van der Waals surface area contributed by atoms with E-state index in [4.69, 9.17) is 29.9 Å². The van der Waals surface area contributed by atoms with Crippen LogP contribution in [0.5, 0.6) is 23.0 Å². The van der Waals surface area contributed by atoms with E-state index in [2.05, 4.69) is 0 Å². The van der Waals surface area contributed by atoms with Gasteiger partial charge in [0.05, 0.1) is 36.6 Å². The van der Waals surface area contributed by atoms with E-state index in [9.17, 15) is 0 Å². The second-order valence-corrected chi connectivity index (χ2v) is 7.70. The molecule has 0 atom stereocenters. The number of rotatable bonds is 6. The monoisotopic (exact) mass is 449 g/mol. The van der Waals surface area contributed by atoms with Crippen LogP contribution in [0.2, 0.25) is 0 Å². The van der Waals surface area contributed by atoms with E-state index in [1.807, 2.05) is 78.9 Å². The van der Waals surface area contributed by atoms with Crippen molar-refractivity contribution in [3.05, 3.63) is 91.0 Å². The van der Waals surface area contributed by atoms with Crippen LogP contribution in [-0.4, -0.2) is 24.2 Å². The van der Waals surface area contributed by atoms with Gasteiger partial charge in [0.1, 0.15) is 23.0 Å². The molecular formula is C28H23N3O3. The van der Waals surface area contributed by atoms with Crippen molar-refractivity contribution in [2.45, 2.75) is 0 Å². The van der Waals surface area contributed by atoms with Crippen LogP contribution in [-0.2, 0) is 0 Å². The Kier molecular flexibility index (Phi) is 5.70. The minimum Gasteiger partial charge on any atom is -0.497 e. The molecule has 6 heteroatoms. The van der Waals surface area contributed by atoms with Crippen molar-refractivity contribution < 1.29 is 14.2 Å². The predicted molar refractivity (Wildman–Crippen MR) is 134 cm³/mol. The Labute approximate surface area is 197 Å². The molecule has 1 aromatic heterocycles. The van der Waals surface area contributed by atoms with Gasteiger partial charge in [-0.1, -0.05) is 0 Å². The highest BCUT2D eigenvalue weighted by Crippen LogP contribution is 2.34. The van der Waals surface area contributed by atoms with Gasteiger partial charge in [-0.05, 0) is 84.9 Å². The van der Waals surface area contributed by atoms with Crippen molar-refractivity contribution in [1.29, 1.82) is 0 Å². The Morgan fingerprint density at radius 2 is 1.00 bits per heavy atom. The Hall–Kier alpha value is -4.58. The average Bonchev–Trinajstić information content (AvgIpc) is 2.89. The summed E-state index contributed by atoms with van der Waals surface area (Å²) in [4.78, 5) is 9.97. The van der Waals surface area contributed by atoms with Crippen LogP contribution < -0.4 is 19.9 Å². The summed E-state index contributed by atoms with van der Waals surface area (Å²) < 4.78 is 16.6. The summed E-state index contributed by atoms with van der Waals surface area (Å²) in [6.45, 7) is 0. The molecule has 0 radical (unpaired) electrons. The van der Waals surface area contributed by atoms with Crippen molar-refractivity contribution >= 4 is 16.7 Å². The lowest BCUT2D eigenvalue weighted by molar-refractivity contribution is 0.414. The fourth-order valence-corrected chi connectivity index (χ4v) is 3.67. The summed E-state index contributed by atoms with van der Waals surface area (Å²) in [5.41, 5.74) is 11.4. The number of methoxy groups -OCH3 is 2. The molecule has 0 saturated heterocycles. The van der Waals surface area contributed by atoms with E-state index in [0.29, 0.717) is 17.2 Å². The lowest BCUT2D eigenvalue weighted by Gasteiger charge is -2.13. The number of nitrogens with two attached hydrogens (primary N) is 1. The average molecular weight is 450 g/mol. The number of benzene rings is 4. The van der Waals surface area contributed by atoms with Gasteiger partial charge in [0.25, 0.3) is 0 Å². The molecular weight excluding hydrogens is 426 g/mol. The van der Waals surface area contributed by atoms with Crippen LogP contribution in [0.4, 0.5) is 5.69 Å². The number of anilines is 1. The first kappa shape index (κ1) is 21.3. The van der Waals surface area contributed by atoms with Gasteiger partial charge in [-0.15, -0.1) is 0 Å². The van der Waals surface area contributed by atoms with Crippen molar-refractivity contribution in [3.8, 4) is 45.5 Å². The Balaban J connectivity index is 1.62. The molecule has 0 amide bonds. The van der Waals surface area contributed by atoms with Crippen LogP contribution in [0.15, 0.2) is 91.0 Å². The molecule has 1 heterocycles. The fourth-order valence-electron chi connectivity index (χ4n) is 3.67. The molecule has 5 aromatic rings. The molecule has 34 heavy (non-hydrogen) atoms. The highest BCUT2D eigenvalue weighted by atomic mass is 16.5. The van der Waals surface area contributed by atoms with Crippen molar-refractivity contribution in [2.75, 3.05) is 20.0 Å². The minimum atomic E-state index is 0.671. The van der Waals surface area contributed by atoms with Crippen LogP contribution >= 0.6 is 0 Å². The highest BCUT2D eigenvalue weighted by Gasteiger charge is 2.14. The van der Waals surface area contributed by atoms with Gasteiger partial charge in [0.2, 0.25) is 0 Å². The van der Waals surface area contributed by atoms with E-state index in [0.717, 1.165) is 45.0 Å². The van der Waals surface area contributed by atoms with Gasteiger partial charge >= 0.3 is 0 Å². The van der Waals surface area contributed by atoms with E-state index in [1.54, 1.807) is 26.4 Å².